The van der Waals surface area contributed by atoms with Gasteiger partial charge >= 0.3 is 5.97 Å². The number of carbonyl (C=O) groups excluding carboxylic acids is 1. The third kappa shape index (κ3) is 2.25. The Bertz CT molecular complexity index is 477. The molecule has 1 amide bonds. The van der Waals surface area contributed by atoms with Gasteiger partial charge in [-0.05, 0) is 19.3 Å². The van der Waals surface area contributed by atoms with E-state index in [1.54, 1.807) is 0 Å². The zero-order valence-corrected chi connectivity index (χ0v) is 11.2. The maximum atomic E-state index is 12.0. The van der Waals surface area contributed by atoms with Crippen molar-refractivity contribution < 1.29 is 14.7 Å². The minimum absolute atomic E-state index is 0.272. The molecule has 0 aromatic carbocycles. The van der Waals surface area contributed by atoms with Gasteiger partial charge in [0.1, 0.15) is 10.4 Å². The van der Waals surface area contributed by atoms with E-state index in [2.05, 4.69) is 10.3 Å². The smallest absolute Gasteiger partial charge is 0.329 e. The Morgan fingerprint density at radius 2 is 2.17 bits per heavy atom. The standard InChI is InChI=1S/C12H16N2O3S/c1-7(2)10-13-6-8(18-10)9(15)14-12(11(16)17)4-3-5-12/h6-7H,3-5H2,1-2H3,(H,14,15)(H,16,17). The van der Waals surface area contributed by atoms with Crippen molar-refractivity contribution in [1.82, 2.24) is 10.3 Å². The molecule has 1 aromatic heterocycles. The van der Waals surface area contributed by atoms with Crippen molar-refractivity contribution in [1.29, 1.82) is 0 Å². The minimum Gasteiger partial charge on any atom is -0.480 e. The van der Waals surface area contributed by atoms with Crippen molar-refractivity contribution >= 4 is 23.2 Å². The van der Waals surface area contributed by atoms with E-state index >= 15 is 0 Å². The minimum atomic E-state index is -1.06. The fraction of sp³-hybridized carbons (Fsp3) is 0.583. The van der Waals surface area contributed by atoms with E-state index < -0.39 is 11.5 Å². The van der Waals surface area contributed by atoms with Gasteiger partial charge in [-0.2, -0.15) is 0 Å². The number of amides is 1. The predicted octanol–water partition coefficient (Wildman–Crippen LogP) is 2.00. The van der Waals surface area contributed by atoms with Gasteiger partial charge in [-0.15, -0.1) is 11.3 Å². The van der Waals surface area contributed by atoms with Crippen molar-refractivity contribution in [2.45, 2.75) is 44.6 Å². The Labute approximate surface area is 109 Å². The van der Waals surface area contributed by atoms with Crippen LogP contribution in [0.1, 0.15) is 53.7 Å². The monoisotopic (exact) mass is 268 g/mol. The Morgan fingerprint density at radius 1 is 1.50 bits per heavy atom. The maximum Gasteiger partial charge on any atom is 0.329 e. The fourth-order valence-electron chi connectivity index (χ4n) is 1.86. The molecule has 1 heterocycles. The molecule has 1 fully saturated rings. The molecule has 0 radical (unpaired) electrons. The first-order valence-electron chi connectivity index (χ1n) is 5.96. The molecule has 5 nitrogen and oxygen atoms in total. The summed E-state index contributed by atoms with van der Waals surface area (Å²) in [7, 11) is 0. The van der Waals surface area contributed by atoms with Crippen LogP contribution in [-0.4, -0.2) is 27.5 Å². The molecule has 6 heteroatoms. The number of carbonyl (C=O) groups is 2. The van der Waals surface area contributed by atoms with Crippen LogP contribution in [0.5, 0.6) is 0 Å². The number of rotatable bonds is 4. The van der Waals surface area contributed by atoms with Gasteiger partial charge in [-0.3, -0.25) is 4.79 Å². The molecule has 0 atom stereocenters. The van der Waals surface area contributed by atoms with Gasteiger partial charge in [0, 0.05) is 5.92 Å². The predicted molar refractivity (Wildman–Crippen MR) is 67.9 cm³/mol. The summed E-state index contributed by atoms with van der Waals surface area (Å²) in [6.07, 6.45) is 3.36. The largest absolute Gasteiger partial charge is 0.480 e. The lowest BCUT2D eigenvalue weighted by Crippen LogP contribution is -2.59. The summed E-state index contributed by atoms with van der Waals surface area (Å²) in [5.74, 6) is -1.01. The van der Waals surface area contributed by atoms with Crippen molar-refractivity contribution in [3.63, 3.8) is 0 Å². The highest BCUT2D eigenvalue weighted by Crippen LogP contribution is 2.32. The summed E-state index contributed by atoms with van der Waals surface area (Å²) in [6, 6.07) is 0. The highest BCUT2D eigenvalue weighted by molar-refractivity contribution is 7.13. The van der Waals surface area contributed by atoms with Crippen LogP contribution in [0.2, 0.25) is 0 Å². The summed E-state index contributed by atoms with van der Waals surface area (Å²) >= 11 is 1.32. The maximum absolute atomic E-state index is 12.0. The molecule has 0 unspecified atom stereocenters. The molecule has 2 N–H and O–H groups in total. The summed E-state index contributed by atoms with van der Waals surface area (Å²) < 4.78 is 0. The lowest BCUT2D eigenvalue weighted by Gasteiger charge is -2.37. The van der Waals surface area contributed by atoms with Gasteiger partial charge in [0.15, 0.2) is 0 Å². The van der Waals surface area contributed by atoms with Crippen LogP contribution in [0.15, 0.2) is 6.20 Å². The zero-order chi connectivity index (χ0) is 13.3. The van der Waals surface area contributed by atoms with E-state index in [1.165, 1.54) is 17.5 Å². The number of aliphatic carboxylic acids is 1. The zero-order valence-electron chi connectivity index (χ0n) is 10.4. The molecule has 2 rings (SSSR count). The van der Waals surface area contributed by atoms with E-state index in [0.29, 0.717) is 17.7 Å². The molecule has 0 aliphatic heterocycles. The van der Waals surface area contributed by atoms with Gasteiger partial charge in [0.05, 0.1) is 11.2 Å². The topological polar surface area (TPSA) is 79.3 Å². The first-order valence-corrected chi connectivity index (χ1v) is 6.78. The summed E-state index contributed by atoms with van der Waals surface area (Å²) in [5.41, 5.74) is -1.06. The average molecular weight is 268 g/mol. The van der Waals surface area contributed by atoms with Crippen LogP contribution >= 0.6 is 11.3 Å². The SMILES string of the molecule is CC(C)c1ncc(C(=O)NC2(C(=O)O)CCC2)s1. The second kappa shape index (κ2) is 4.68. The molecular weight excluding hydrogens is 252 g/mol. The summed E-state index contributed by atoms with van der Waals surface area (Å²) in [4.78, 5) is 27.8. The van der Waals surface area contributed by atoms with Gasteiger partial charge in [-0.25, -0.2) is 9.78 Å². The summed E-state index contributed by atoms with van der Waals surface area (Å²) in [5, 5.41) is 12.7. The van der Waals surface area contributed by atoms with Gasteiger partial charge in [-0.1, -0.05) is 13.8 Å². The number of aromatic nitrogens is 1. The molecule has 1 aliphatic carbocycles. The van der Waals surface area contributed by atoms with Crippen LogP contribution in [-0.2, 0) is 4.79 Å². The van der Waals surface area contributed by atoms with Crippen molar-refractivity contribution in [3.8, 4) is 0 Å². The van der Waals surface area contributed by atoms with Crippen LogP contribution in [0, 0.1) is 0 Å². The van der Waals surface area contributed by atoms with E-state index in [9.17, 15) is 9.59 Å². The number of nitrogens with zero attached hydrogens (tertiary/aromatic N) is 1. The van der Waals surface area contributed by atoms with E-state index in [1.807, 2.05) is 13.8 Å². The Balaban J connectivity index is 2.09. The third-order valence-corrected chi connectivity index (χ3v) is 4.51. The van der Waals surface area contributed by atoms with Crippen LogP contribution in [0.25, 0.3) is 0 Å². The lowest BCUT2D eigenvalue weighted by atomic mass is 9.77. The van der Waals surface area contributed by atoms with Crippen LogP contribution in [0.3, 0.4) is 0 Å². The number of carboxylic acid groups (broad SMARTS) is 1. The molecule has 0 saturated heterocycles. The quantitative estimate of drug-likeness (QED) is 0.875. The Hall–Kier alpha value is -1.43. The molecule has 18 heavy (non-hydrogen) atoms. The molecule has 0 bridgehead atoms. The number of carboxylic acids is 1. The second-order valence-electron chi connectivity index (χ2n) is 4.91. The molecule has 98 valence electrons. The average Bonchev–Trinajstić information content (AvgIpc) is 2.71. The number of nitrogens with one attached hydrogen (secondary N) is 1. The van der Waals surface area contributed by atoms with Crippen molar-refractivity contribution in [2.75, 3.05) is 0 Å². The van der Waals surface area contributed by atoms with E-state index in [-0.39, 0.29) is 11.8 Å². The summed E-state index contributed by atoms with van der Waals surface area (Å²) in [6.45, 7) is 4.01. The number of hydrogen-bond donors (Lipinski definition) is 2. The molecule has 0 spiro atoms. The van der Waals surface area contributed by atoms with Gasteiger partial charge in [0.25, 0.3) is 5.91 Å². The van der Waals surface area contributed by atoms with E-state index in [4.69, 9.17) is 5.11 Å². The Kier molecular flexibility index (Phi) is 3.38. The normalized spacial score (nSPS) is 17.3. The van der Waals surface area contributed by atoms with Crippen molar-refractivity contribution in [3.05, 3.63) is 16.1 Å². The second-order valence-corrected chi connectivity index (χ2v) is 5.97. The Morgan fingerprint density at radius 3 is 2.56 bits per heavy atom. The highest BCUT2D eigenvalue weighted by Gasteiger charge is 2.45. The van der Waals surface area contributed by atoms with Crippen LogP contribution < -0.4 is 5.32 Å². The number of hydrogen-bond acceptors (Lipinski definition) is 4. The third-order valence-electron chi connectivity index (χ3n) is 3.21. The molecule has 1 aromatic rings. The fourth-order valence-corrected chi connectivity index (χ4v) is 2.68. The van der Waals surface area contributed by atoms with E-state index in [0.717, 1.165) is 11.4 Å². The first-order chi connectivity index (χ1) is 8.44. The van der Waals surface area contributed by atoms with Crippen molar-refractivity contribution in [2.24, 2.45) is 0 Å². The molecular formula is C12H16N2O3S. The molecule has 1 saturated carbocycles. The molecule has 1 aliphatic rings. The number of thiazole rings is 1. The first kappa shape index (κ1) is 13.0. The lowest BCUT2D eigenvalue weighted by molar-refractivity contribution is -0.148. The van der Waals surface area contributed by atoms with Gasteiger partial charge < -0.3 is 10.4 Å². The highest BCUT2D eigenvalue weighted by atomic mass is 32.1. The van der Waals surface area contributed by atoms with Gasteiger partial charge in [0.2, 0.25) is 0 Å². The van der Waals surface area contributed by atoms with Crippen LogP contribution in [0.4, 0.5) is 0 Å².